The van der Waals surface area contributed by atoms with Crippen LogP contribution in [0.25, 0.3) is 0 Å². The van der Waals surface area contributed by atoms with E-state index < -0.39 is 0 Å². The predicted molar refractivity (Wildman–Crippen MR) is 98.2 cm³/mol. The molecule has 0 aromatic carbocycles. The van der Waals surface area contributed by atoms with Crippen molar-refractivity contribution in [1.29, 1.82) is 0 Å². The number of aryl methyl sites for hydroxylation is 2. The molecule has 0 unspecified atom stereocenters. The van der Waals surface area contributed by atoms with Gasteiger partial charge in [-0.25, -0.2) is 4.98 Å². The molecule has 2 aromatic rings. The van der Waals surface area contributed by atoms with E-state index in [1.807, 2.05) is 6.92 Å². The lowest BCUT2D eigenvalue weighted by Crippen LogP contribution is -2.42. The Bertz CT molecular complexity index is 855. The molecule has 2 aromatic heterocycles. The number of carbonyl (C=O) groups is 2. The number of H-pyrrole nitrogens is 1. The fourth-order valence-corrected chi connectivity index (χ4v) is 3.87. The van der Waals surface area contributed by atoms with Crippen molar-refractivity contribution in [2.45, 2.75) is 38.3 Å². The molecule has 10 nitrogen and oxygen atoms in total. The minimum absolute atomic E-state index is 0.0292. The molecule has 0 radical (unpaired) electrons. The van der Waals surface area contributed by atoms with Gasteiger partial charge in [0.15, 0.2) is 5.82 Å². The second kappa shape index (κ2) is 7.70. The normalized spacial score (nSPS) is 23.1. The Morgan fingerprint density at radius 3 is 2.75 bits per heavy atom. The van der Waals surface area contributed by atoms with Crippen molar-refractivity contribution < 1.29 is 14.3 Å². The summed E-state index contributed by atoms with van der Waals surface area (Å²) in [7, 11) is 1.77. The smallest absolute Gasteiger partial charge is 0.275 e. The molecule has 2 fully saturated rings. The zero-order chi connectivity index (χ0) is 19.7. The summed E-state index contributed by atoms with van der Waals surface area (Å²) in [4.78, 5) is 31.8. The van der Waals surface area contributed by atoms with Crippen LogP contribution in [0.15, 0.2) is 12.3 Å². The van der Waals surface area contributed by atoms with Crippen LogP contribution in [0.5, 0.6) is 0 Å². The first-order chi connectivity index (χ1) is 13.5. The second-order valence-electron chi connectivity index (χ2n) is 7.45. The molecular formula is C18H25N7O3. The van der Waals surface area contributed by atoms with Crippen LogP contribution in [0, 0.1) is 12.8 Å². The van der Waals surface area contributed by atoms with E-state index in [0.717, 1.165) is 12.8 Å². The van der Waals surface area contributed by atoms with E-state index in [0.29, 0.717) is 43.5 Å². The standard InChI is InChI=1S/C18H25N7O3/c1-11-19-16(22-21-11)15-9-13(20-17(26)12-4-7-28-8-5-12)10-25(15)18(27)14-3-6-24(2)23-14/h3,6,12-13,15H,4-5,7-10H2,1-2H3,(H,20,26)(H,19,21,22)/t13-,15-/m0/s1. The van der Waals surface area contributed by atoms with Crippen LogP contribution >= 0.6 is 0 Å². The first-order valence-electron chi connectivity index (χ1n) is 9.59. The lowest BCUT2D eigenvalue weighted by atomic mass is 9.99. The van der Waals surface area contributed by atoms with Gasteiger partial charge in [0.05, 0.1) is 6.04 Å². The Morgan fingerprint density at radius 2 is 2.11 bits per heavy atom. The van der Waals surface area contributed by atoms with Crippen LogP contribution in [0.1, 0.15) is 47.4 Å². The van der Waals surface area contributed by atoms with Gasteiger partial charge in [0, 0.05) is 45.0 Å². The fourth-order valence-electron chi connectivity index (χ4n) is 3.87. The Morgan fingerprint density at radius 1 is 1.32 bits per heavy atom. The zero-order valence-electron chi connectivity index (χ0n) is 16.1. The molecule has 2 aliphatic heterocycles. The number of ether oxygens (including phenoxy) is 1. The molecule has 28 heavy (non-hydrogen) atoms. The zero-order valence-corrected chi connectivity index (χ0v) is 16.1. The highest BCUT2D eigenvalue weighted by atomic mass is 16.5. The van der Waals surface area contributed by atoms with Gasteiger partial charge in [0.2, 0.25) is 5.91 Å². The summed E-state index contributed by atoms with van der Waals surface area (Å²) in [5.74, 6) is 1.07. The van der Waals surface area contributed by atoms with Gasteiger partial charge in [-0.3, -0.25) is 19.4 Å². The van der Waals surface area contributed by atoms with Crippen LogP contribution < -0.4 is 5.32 Å². The molecule has 10 heteroatoms. The number of nitrogens with one attached hydrogen (secondary N) is 2. The first kappa shape index (κ1) is 18.6. The number of nitrogens with zero attached hydrogens (tertiary/aromatic N) is 5. The summed E-state index contributed by atoms with van der Waals surface area (Å²) in [6.07, 6.45) is 3.78. The van der Waals surface area contributed by atoms with Crippen molar-refractivity contribution in [2.75, 3.05) is 19.8 Å². The monoisotopic (exact) mass is 387 g/mol. The third kappa shape index (κ3) is 3.77. The molecule has 0 saturated carbocycles. The van der Waals surface area contributed by atoms with E-state index in [9.17, 15) is 9.59 Å². The molecule has 2 saturated heterocycles. The fraction of sp³-hybridized carbons (Fsp3) is 0.611. The largest absolute Gasteiger partial charge is 0.381 e. The summed E-state index contributed by atoms with van der Waals surface area (Å²) < 4.78 is 6.93. The third-order valence-corrected chi connectivity index (χ3v) is 5.35. The SMILES string of the molecule is Cc1nc([C@@H]2C[C@H](NC(=O)C3CCOCC3)CN2C(=O)c2ccn(C)n2)n[nH]1. The molecular weight excluding hydrogens is 362 g/mol. The van der Waals surface area contributed by atoms with E-state index >= 15 is 0 Å². The molecule has 2 amide bonds. The number of aromatic nitrogens is 5. The minimum Gasteiger partial charge on any atom is -0.381 e. The highest BCUT2D eigenvalue weighted by Crippen LogP contribution is 2.32. The van der Waals surface area contributed by atoms with Crippen molar-refractivity contribution in [1.82, 2.24) is 35.2 Å². The number of hydrogen-bond donors (Lipinski definition) is 2. The number of likely N-dealkylation sites (tertiary alicyclic amines) is 1. The predicted octanol–water partition coefficient (Wildman–Crippen LogP) is 0.345. The summed E-state index contributed by atoms with van der Waals surface area (Å²) in [5, 5.41) is 14.4. The topological polar surface area (TPSA) is 118 Å². The minimum atomic E-state index is -0.306. The van der Waals surface area contributed by atoms with Crippen LogP contribution in [-0.2, 0) is 16.6 Å². The second-order valence-corrected chi connectivity index (χ2v) is 7.45. The van der Waals surface area contributed by atoms with E-state index in [-0.39, 0.29) is 29.8 Å². The van der Waals surface area contributed by atoms with Crippen molar-refractivity contribution in [3.63, 3.8) is 0 Å². The molecule has 2 aliphatic rings. The van der Waals surface area contributed by atoms with Gasteiger partial charge in [0.1, 0.15) is 11.5 Å². The maximum Gasteiger partial charge on any atom is 0.275 e. The van der Waals surface area contributed by atoms with Crippen molar-refractivity contribution in [3.05, 3.63) is 29.6 Å². The average Bonchev–Trinajstić information content (AvgIpc) is 3.42. The number of rotatable bonds is 4. The first-order valence-corrected chi connectivity index (χ1v) is 9.59. The maximum atomic E-state index is 13.0. The lowest BCUT2D eigenvalue weighted by molar-refractivity contribution is -0.128. The summed E-state index contributed by atoms with van der Waals surface area (Å²) in [5.41, 5.74) is 0.371. The summed E-state index contributed by atoms with van der Waals surface area (Å²) in [6, 6.07) is 1.24. The lowest BCUT2D eigenvalue weighted by Gasteiger charge is -2.23. The van der Waals surface area contributed by atoms with Gasteiger partial charge < -0.3 is 15.0 Å². The van der Waals surface area contributed by atoms with Gasteiger partial charge in [-0.15, -0.1) is 0 Å². The molecule has 4 rings (SSSR count). The molecule has 2 atom stereocenters. The van der Waals surface area contributed by atoms with E-state index in [2.05, 4.69) is 25.6 Å². The van der Waals surface area contributed by atoms with Crippen LogP contribution in [-0.4, -0.2) is 67.5 Å². The maximum absolute atomic E-state index is 13.0. The quantitative estimate of drug-likeness (QED) is 0.781. The van der Waals surface area contributed by atoms with Gasteiger partial charge in [-0.2, -0.15) is 10.2 Å². The van der Waals surface area contributed by atoms with E-state index in [1.54, 1.807) is 28.9 Å². The molecule has 150 valence electrons. The van der Waals surface area contributed by atoms with E-state index in [4.69, 9.17) is 4.74 Å². The highest BCUT2D eigenvalue weighted by Gasteiger charge is 2.40. The van der Waals surface area contributed by atoms with Gasteiger partial charge in [-0.1, -0.05) is 0 Å². The van der Waals surface area contributed by atoms with Gasteiger partial charge >= 0.3 is 0 Å². The molecule has 0 bridgehead atoms. The average molecular weight is 387 g/mol. The molecule has 4 heterocycles. The van der Waals surface area contributed by atoms with Gasteiger partial charge in [-0.05, 0) is 32.3 Å². The molecule has 0 spiro atoms. The Balaban J connectivity index is 1.51. The number of aromatic amines is 1. The van der Waals surface area contributed by atoms with Crippen LogP contribution in [0.4, 0.5) is 0 Å². The van der Waals surface area contributed by atoms with Gasteiger partial charge in [0.25, 0.3) is 5.91 Å². The van der Waals surface area contributed by atoms with Crippen molar-refractivity contribution in [3.8, 4) is 0 Å². The highest BCUT2D eigenvalue weighted by molar-refractivity contribution is 5.92. The Kier molecular flexibility index (Phi) is 5.12. The van der Waals surface area contributed by atoms with Crippen LogP contribution in [0.3, 0.4) is 0 Å². The van der Waals surface area contributed by atoms with Crippen molar-refractivity contribution >= 4 is 11.8 Å². The van der Waals surface area contributed by atoms with Crippen molar-refractivity contribution in [2.24, 2.45) is 13.0 Å². The van der Waals surface area contributed by atoms with Crippen LogP contribution in [0.2, 0.25) is 0 Å². The molecule has 0 aliphatic carbocycles. The Labute approximate surface area is 162 Å². The molecule has 2 N–H and O–H groups in total. The number of hydrogen-bond acceptors (Lipinski definition) is 6. The summed E-state index contributed by atoms with van der Waals surface area (Å²) in [6.45, 7) is 3.46. The number of carbonyl (C=O) groups excluding carboxylic acids is 2. The number of amides is 2. The third-order valence-electron chi connectivity index (χ3n) is 5.35. The van der Waals surface area contributed by atoms with E-state index in [1.165, 1.54) is 0 Å². The Hall–Kier alpha value is -2.75. The summed E-state index contributed by atoms with van der Waals surface area (Å²) >= 11 is 0.